The molecule has 5 heteroatoms. The second kappa shape index (κ2) is 7.56. The Morgan fingerprint density at radius 2 is 1.91 bits per heavy atom. The fourth-order valence-corrected chi connectivity index (χ4v) is 2.87. The first kappa shape index (κ1) is 16.7. The van der Waals surface area contributed by atoms with Crippen LogP contribution in [0.5, 0.6) is 5.75 Å². The molecule has 0 saturated carbocycles. The van der Waals surface area contributed by atoms with Crippen LogP contribution < -0.4 is 10.1 Å². The molecule has 1 atom stereocenters. The molecule has 1 amide bonds. The lowest BCUT2D eigenvalue weighted by atomic mass is 10.2. The van der Waals surface area contributed by atoms with Crippen molar-refractivity contribution in [3.63, 3.8) is 0 Å². The summed E-state index contributed by atoms with van der Waals surface area (Å²) < 4.78 is 5.12. The maximum atomic E-state index is 12.2. The minimum absolute atomic E-state index is 0.0549. The molecule has 0 unspecified atom stereocenters. The van der Waals surface area contributed by atoms with Crippen molar-refractivity contribution in [2.45, 2.75) is 24.0 Å². The molecule has 0 aliphatic heterocycles. The van der Waals surface area contributed by atoms with Crippen LogP contribution in [0.3, 0.4) is 0 Å². The number of ether oxygens (including phenoxy) is 1. The molecular formula is C17H18ClNO2S. The van der Waals surface area contributed by atoms with Gasteiger partial charge in [0, 0.05) is 15.6 Å². The number of anilines is 1. The van der Waals surface area contributed by atoms with Crippen LogP contribution in [0.4, 0.5) is 5.69 Å². The van der Waals surface area contributed by atoms with Crippen LogP contribution in [0.2, 0.25) is 5.02 Å². The maximum Gasteiger partial charge on any atom is 0.237 e. The average molecular weight is 336 g/mol. The Morgan fingerprint density at radius 3 is 2.50 bits per heavy atom. The highest BCUT2D eigenvalue weighted by Crippen LogP contribution is 2.27. The molecule has 0 aliphatic carbocycles. The first-order valence-corrected chi connectivity index (χ1v) is 8.13. The quantitative estimate of drug-likeness (QED) is 0.799. The summed E-state index contributed by atoms with van der Waals surface area (Å²) in [6.07, 6.45) is 0. The molecule has 0 saturated heterocycles. The second-order valence-corrected chi connectivity index (χ2v) is 6.71. The third-order valence-electron chi connectivity index (χ3n) is 3.18. The molecule has 2 aromatic rings. The van der Waals surface area contributed by atoms with Gasteiger partial charge in [-0.25, -0.2) is 0 Å². The molecular weight excluding hydrogens is 318 g/mol. The van der Waals surface area contributed by atoms with E-state index in [4.69, 9.17) is 16.3 Å². The van der Waals surface area contributed by atoms with E-state index in [-0.39, 0.29) is 11.2 Å². The first-order chi connectivity index (χ1) is 10.5. The molecule has 1 N–H and O–H groups in total. The lowest BCUT2D eigenvalue weighted by Gasteiger charge is -2.13. The maximum absolute atomic E-state index is 12.2. The van der Waals surface area contributed by atoms with Gasteiger partial charge < -0.3 is 10.1 Å². The van der Waals surface area contributed by atoms with Gasteiger partial charge >= 0.3 is 0 Å². The topological polar surface area (TPSA) is 38.3 Å². The molecule has 116 valence electrons. The Balaban J connectivity index is 1.97. The molecule has 3 nitrogen and oxygen atoms in total. The average Bonchev–Trinajstić information content (AvgIpc) is 2.51. The molecule has 0 aliphatic rings. The van der Waals surface area contributed by atoms with Crippen LogP contribution in [-0.4, -0.2) is 18.3 Å². The number of hydrogen-bond acceptors (Lipinski definition) is 3. The van der Waals surface area contributed by atoms with Crippen LogP contribution in [-0.2, 0) is 4.79 Å². The molecule has 2 rings (SSSR count). The summed E-state index contributed by atoms with van der Waals surface area (Å²) in [5, 5.41) is 3.32. The van der Waals surface area contributed by atoms with E-state index in [1.165, 1.54) is 11.8 Å². The third kappa shape index (κ3) is 4.42. The van der Waals surface area contributed by atoms with Crippen LogP contribution >= 0.6 is 23.4 Å². The van der Waals surface area contributed by atoms with E-state index in [1.54, 1.807) is 13.2 Å². The zero-order valence-corrected chi connectivity index (χ0v) is 14.3. The van der Waals surface area contributed by atoms with Gasteiger partial charge in [0.15, 0.2) is 0 Å². The Bertz CT molecular complexity index is 658. The standard InChI is InChI=1S/C17H18ClNO2S/c1-11-4-5-13(10-16(11)18)19-17(20)12(2)22-15-8-6-14(21-3)7-9-15/h4-10,12H,1-3H3,(H,19,20)/t12-/m0/s1. The highest BCUT2D eigenvalue weighted by Gasteiger charge is 2.15. The number of aryl methyl sites for hydroxylation is 1. The van der Waals surface area contributed by atoms with Crippen molar-refractivity contribution in [1.82, 2.24) is 0 Å². The van der Waals surface area contributed by atoms with Crippen molar-refractivity contribution >= 4 is 35.0 Å². The van der Waals surface area contributed by atoms with Gasteiger partial charge in [0.1, 0.15) is 5.75 Å². The summed E-state index contributed by atoms with van der Waals surface area (Å²) in [6.45, 7) is 3.80. The van der Waals surface area contributed by atoms with Crippen molar-refractivity contribution in [3.05, 3.63) is 53.1 Å². The number of carbonyl (C=O) groups excluding carboxylic acids is 1. The van der Waals surface area contributed by atoms with Crippen LogP contribution in [0.1, 0.15) is 12.5 Å². The number of amides is 1. The predicted octanol–water partition coefficient (Wildman–Crippen LogP) is 4.78. The minimum atomic E-state index is -0.214. The Hall–Kier alpha value is -1.65. The fraction of sp³-hybridized carbons (Fsp3) is 0.235. The Kier molecular flexibility index (Phi) is 5.75. The van der Waals surface area contributed by atoms with Gasteiger partial charge in [-0.1, -0.05) is 17.7 Å². The fourth-order valence-electron chi connectivity index (χ4n) is 1.83. The molecule has 2 aromatic carbocycles. The summed E-state index contributed by atoms with van der Waals surface area (Å²) >= 11 is 7.56. The van der Waals surface area contributed by atoms with Gasteiger partial charge in [0.25, 0.3) is 0 Å². The monoisotopic (exact) mass is 335 g/mol. The highest BCUT2D eigenvalue weighted by molar-refractivity contribution is 8.00. The van der Waals surface area contributed by atoms with E-state index >= 15 is 0 Å². The van der Waals surface area contributed by atoms with E-state index in [0.717, 1.165) is 16.2 Å². The van der Waals surface area contributed by atoms with Crippen molar-refractivity contribution in [2.24, 2.45) is 0 Å². The lowest BCUT2D eigenvalue weighted by Crippen LogP contribution is -2.22. The van der Waals surface area contributed by atoms with E-state index in [1.807, 2.05) is 50.2 Å². The zero-order valence-electron chi connectivity index (χ0n) is 12.7. The summed E-state index contributed by atoms with van der Waals surface area (Å²) in [4.78, 5) is 13.3. The normalized spacial score (nSPS) is 11.8. The lowest BCUT2D eigenvalue weighted by molar-refractivity contribution is -0.115. The summed E-state index contributed by atoms with van der Waals surface area (Å²) in [5.41, 5.74) is 1.70. The Labute approximate surface area is 140 Å². The van der Waals surface area contributed by atoms with Crippen LogP contribution in [0.15, 0.2) is 47.4 Å². The highest BCUT2D eigenvalue weighted by atomic mass is 35.5. The number of hydrogen-bond donors (Lipinski definition) is 1. The number of benzene rings is 2. The van der Waals surface area contributed by atoms with Gasteiger partial charge in [0.05, 0.1) is 12.4 Å². The molecule has 0 heterocycles. The molecule has 0 aromatic heterocycles. The number of nitrogens with one attached hydrogen (secondary N) is 1. The van der Waals surface area contributed by atoms with Crippen molar-refractivity contribution in [3.8, 4) is 5.75 Å². The summed E-state index contributed by atoms with van der Waals surface area (Å²) in [5.74, 6) is 0.747. The van der Waals surface area contributed by atoms with Gasteiger partial charge in [-0.2, -0.15) is 0 Å². The molecule has 0 fully saturated rings. The molecule has 0 spiro atoms. The van der Waals surface area contributed by atoms with Crippen molar-refractivity contribution < 1.29 is 9.53 Å². The third-order valence-corrected chi connectivity index (χ3v) is 4.70. The SMILES string of the molecule is COc1ccc(S[C@@H](C)C(=O)Nc2ccc(C)c(Cl)c2)cc1. The van der Waals surface area contributed by atoms with Gasteiger partial charge in [0.2, 0.25) is 5.91 Å². The van der Waals surface area contributed by atoms with E-state index in [2.05, 4.69) is 5.32 Å². The molecule has 22 heavy (non-hydrogen) atoms. The Morgan fingerprint density at radius 1 is 1.23 bits per heavy atom. The molecule has 0 radical (unpaired) electrons. The second-order valence-electron chi connectivity index (χ2n) is 4.89. The van der Waals surface area contributed by atoms with Gasteiger partial charge in [-0.3, -0.25) is 4.79 Å². The van der Waals surface area contributed by atoms with E-state index in [9.17, 15) is 4.79 Å². The van der Waals surface area contributed by atoms with Crippen LogP contribution in [0.25, 0.3) is 0 Å². The zero-order chi connectivity index (χ0) is 16.1. The van der Waals surface area contributed by atoms with Gasteiger partial charge in [-0.05, 0) is 55.8 Å². The van der Waals surface area contributed by atoms with Crippen molar-refractivity contribution in [2.75, 3.05) is 12.4 Å². The van der Waals surface area contributed by atoms with Gasteiger partial charge in [-0.15, -0.1) is 11.8 Å². The minimum Gasteiger partial charge on any atom is -0.497 e. The first-order valence-electron chi connectivity index (χ1n) is 6.87. The largest absolute Gasteiger partial charge is 0.497 e. The van der Waals surface area contributed by atoms with E-state index in [0.29, 0.717) is 10.7 Å². The number of halogens is 1. The number of thioether (sulfide) groups is 1. The predicted molar refractivity (Wildman–Crippen MR) is 93.1 cm³/mol. The van der Waals surface area contributed by atoms with E-state index < -0.39 is 0 Å². The number of methoxy groups -OCH3 is 1. The number of carbonyl (C=O) groups is 1. The smallest absolute Gasteiger partial charge is 0.237 e. The number of rotatable bonds is 5. The van der Waals surface area contributed by atoms with Crippen molar-refractivity contribution in [1.29, 1.82) is 0 Å². The van der Waals surface area contributed by atoms with Crippen LogP contribution in [0, 0.1) is 6.92 Å². The molecule has 0 bridgehead atoms. The summed E-state index contributed by atoms with van der Waals surface area (Å²) in [7, 11) is 1.63. The summed E-state index contributed by atoms with van der Waals surface area (Å²) in [6, 6.07) is 13.1.